The highest BCUT2D eigenvalue weighted by Gasteiger charge is 2.55. The first kappa shape index (κ1) is 14.2. The van der Waals surface area contributed by atoms with Gasteiger partial charge in [-0.3, -0.25) is 14.6 Å². The largest absolute Gasteiger partial charge is 0.389 e. The molecule has 0 bridgehead atoms. The molecule has 1 aromatic heterocycles. The first-order chi connectivity index (χ1) is 9.90. The van der Waals surface area contributed by atoms with Crippen LogP contribution >= 0.6 is 0 Å². The van der Waals surface area contributed by atoms with Crippen molar-refractivity contribution in [1.29, 1.82) is 0 Å². The average molecular weight is 288 g/mol. The smallest absolute Gasteiger partial charge is 0.255 e. The predicted molar refractivity (Wildman–Crippen MR) is 76.8 cm³/mol. The molecular formula is C16H20N2O3. The maximum atomic E-state index is 12.9. The highest BCUT2D eigenvalue weighted by Crippen LogP contribution is 2.48. The van der Waals surface area contributed by atoms with Crippen LogP contribution in [0.4, 0.5) is 0 Å². The maximum Gasteiger partial charge on any atom is 0.255 e. The van der Waals surface area contributed by atoms with Crippen LogP contribution in [0.25, 0.3) is 0 Å². The molecule has 1 amide bonds. The Balaban J connectivity index is 1.98. The number of likely N-dealkylation sites (tertiary alicyclic amines) is 1. The molecule has 5 heteroatoms. The third-order valence-electron chi connectivity index (χ3n) is 4.56. The van der Waals surface area contributed by atoms with Gasteiger partial charge in [0.15, 0.2) is 5.78 Å². The Kier molecular flexibility index (Phi) is 3.32. The van der Waals surface area contributed by atoms with E-state index in [4.69, 9.17) is 0 Å². The minimum Gasteiger partial charge on any atom is -0.389 e. The summed E-state index contributed by atoms with van der Waals surface area (Å²) in [5.74, 6) is 0.363. The zero-order valence-corrected chi connectivity index (χ0v) is 12.5. The average Bonchev–Trinajstić information content (AvgIpc) is 3.08. The second-order valence-electron chi connectivity index (χ2n) is 6.23. The van der Waals surface area contributed by atoms with Gasteiger partial charge < -0.3 is 10.0 Å². The molecule has 112 valence electrons. The molecule has 1 saturated carbocycles. The fourth-order valence-corrected chi connectivity index (χ4v) is 3.34. The lowest BCUT2D eigenvalue weighted by atomic mass is 10.0. The lowest BCUT2D eigenvalue weighted by molar-refractivity contribution is -0.121. The zero-order valence-electron chi connectivity index (χ0n) is 12.5. The number of aliphatic hydroxyl groups excluding tert-OH is 1. The van der Waals surface area contributed by atoms with Crippen LogP contribution in [0, 0.1) is 12.8 Å². The molecule has 2 heterocycles. The van der Waals surface area contributed by atoms with Crippen LogP contribution in [0.2, 0.25) is 0 Å². The molecule has 1 aromatic rings. The summed E-state index contributed by atoms with van der Waals surface area (Å²) in [6.45, 7) is 4.98. The van der Waals surface area contributed by atoms with Crippen molar-refractivity contribution in [3.05, 3.63) is 29.1 Å². The van der Waals surface area contributed by atoms with Gasteiger partial charge in [0.2, 0.25) is 0 Å². The van der Waals surface area contributed by atoms with Crippen LogP contribution in [-0.4, -0.2) is 38.8 Å². The number of fused-ring (bicyclic) bond motifs is 1. The molecule has 1 saturated heterocycles. The zero-order chi connectivity index (χ0) is 15.3. The minimum atomic E-state index is -0.759. The Labute approximate surface area is 124 Å². The number of pyridine rings is 1. The van der Waals surface area contributed by atoms with Gasteiger partial charge in [-0.05, 0) is 45.6 Å². The van der Waals surface area contributed by atoms with Gasteiger partial charge in [-0.15, -0.1) is 0 Å². The number of carbonyl (C=O) groups is 2. The van der Waals surface area contributed by atoms with Crippen LogP contribution in [0.15, 0.2) is 12.3 Å². The lowest BCUT2D eigenvalue weighted by Gasteiger charge is -2.27. The number of amides is 1. The van der Waals surface area contributed by atoms with E-state index in [0.717, 1.165) is 18.5 Å². The molecule has 0 radical (unpaired) electrons. The molecular weight excluding hydrogens is 268 g/mol. The van der Waals surface area contributed by atoms with Gasteiger partial charge >= 0.3 is 0 Å². The van der Waals surface area contributed by atoms with E-state index in [1.54, 1.807) is 31.0 Å². The van der Waals surface area contributed by atoms with E-state index in [-0.39, 0.29) is 23.8 Å². The third-order valence-corrected chi connectivity index (χ3v) is 4.56. The molecule has 3 rings (SSSR count). The number of hydrogen-bond donors (Lipinski definition) is 1. The predicted octanol–water partition coefficient (Wildman–Crippen LogP) is 1.64. The Morgan fingerprint density at radius 3 is 2.76 bits per heavy atom. The molecule has 1 aliphatic carbocycles. The van der Waals surface area contributed by atoms with Crippen molar-refractivity contribution in [3.63, 3.8) is 0 Å². The summed E-state index contributed by atoms with van der Waals surface area (Å²) >= 11 is 0. The quantitative estimate of drug-likeness (QED) is 0.918. The Hall–Kier alpha value is -1.75. The standard InChI is InChI=1S/C16H20N2O3/c1-8-4-12(13(7-17-8)9(2)19)16(21)18-14(10(3)20)5-11-6-15(11)18/h4,7,9,11,14-15,19H,5-6H2,1-3H3/t9?,11-,14+,15+/m0/s1. The van der Waals surface area contributed by atoms with Gasteiger partial charge in [-0.2, -0.15) is 0 Å². The summed E-state index contributed by atoms with van der Waals surface area (Å²) in [6.07, 6.45) is 2.56. The fraction of sp³-hybridized carbons (Fsp3) is 0.562. The van der Waals surface area contributed by atoms with Crippen molar-refractivity contribution >= 4 is 11.7 Å². The number of carbonyl (C=O) groups excluding carboxylic acids is 2. The summed E-state index contributed by atoms with van der Waals surface area (Å²) in [6, 6.07) is 1.59. The SMILES string of the molecule is CC(=O)[C@H]1C[C@H]2C[C@H]2N1C(=O)c1cc(C)ncc1C(C)O. The molecule has 5 nitrogen and oxygen atoms in total. The normalized spacial score (nSPS) is 28.2. The summed E-state index contributed by atoms with van der Waals surface area (Å²) in [7, 11) is 0. The van der Waals surface area contributed by atoms with Crippen LogP contribution in [0.5, 0.6) is 0 Å². The number of aliphatic hydroxyl groups is 1. The second-order valence-corrected chi connectivity index (χ2v) is 6.23. The number of hydrogen-bond acceptors (Lipinski definition) is 4. The molecule has 2 aliphatic rings. The molecule has 0 aromatic carbocycles. The molecule has 1 unspecified atom stereocenters. The van der Waals surface area contributed by atoms with Crippen LogP contribution in [0.1, 0.15) is 54.4 Å². The molecule has 0 spiro atoms. The first-order valence-corrected chi connectivity index (χ1v) is 7.38. The number of aryl methyl sites for hydroxylation is 1. The van der Waals surface area contributed by atoms with Gasteiger partial charge in [0.05, 0.1) is 12.1 Å². The van der Waals surface area contributed by atoms with Gasteiger partial charge in [-0.1, -0.05) is 0 Å². The number of ketones is 1. The van der Waals surface area contributed by atoms with Crippen LogP contribution in [-0.2, 0) is 4.79 Å². The topological polar surface area (TPSA) is 70.5 Å². The van der Waals surface area contributed by atoms with Crippen molar-refractivity contribution in [2.45, 2.75) is 51.8 Å². The van der Waals surface area contributed by atoms with E-state index in [1.165, 1.54) is 0 Å². The monoisotopic (exact) mass is 288 g/mol. The fourth-order valence-electron chi connectivity index (χ4n) is 3.34. The van der Waals surface area contributed by atoms with Gasteiger partial charge in [0.25, 0.3) is 5.91 Å². The highest BCUT2D eigenvalue weighted by atomic mass is 16.3. The summed E-state index contributed by atoms with van der Waals surface area (Å²) in [4.78, 5) is 30.6. The van der Waals surface area contributed by atoms with E-state index in [1.807, 2.05) is 6.92 Å². The van der Waals surface area contributed by atoms with Crippen molar-refractivity contribution in [2.75, 3.05) is 0 Å². The van der Waals surface area contributed by atoms with Crippen molar-refractivity contribution in [1.82, 2.24) is 9.88 Å². The third kappa shape index (κ3) is 2.35. The number of piperidine rings is 1. The number of aromatic nitrogens is 1. The summed E-state index contributed by atoms with van der Waals surface area (Å²) in [5, 5.41) is 9.86. The maximum absolute atomic E-state index is 12.9. The van der Waals surface area contributed by atoms with Crippen molar-refractivity contribution < 1.29 is 14.7 Å². The van der Waals surface area contributed by atoms with Gasteiger partial charge in [-0.25, -0.2) is 0 Å². The van der Waals surface area contributed by atoms with E-state index in [2.05, 4.69) is 4.98 Å². The van der Waals surface area contributed by atoms with Crippen molar-refractivity contribution in [3.8, 4) is 0 Å². The van der Waals surface area contributed by atoms with Gasteiger partial charge in [0, 0.05) is 29.1 Å². The molecule has 2 fully saturated rings. The summed E-state index contributed by atoms with van der Waals surface area (Å²) in [5.41, 5.74) is 1.72. The molecule has 4 atom stereocenters. The number of rotatable bonds is 3. The van der Waals surface area contributed by atoms with Gasteiger partial charge in [0.1, 0.15) is 0 Å². The number of Topliss-reactive ketones (excluding diaryl/α,β-unsaturated/α-hetero) is 1. The van der Waals surface area contributed by atoms with E-state index in [9.17, 15) is 14.7 Å². The Morgan fingerprint density at radius 2 is 2.14 bits per heavy atom. The van der Waals surface area contributed by atoms with E-state index in [0.29, 0.717) is 17.0 Å². The molecule has 21 heavy (non-hydrogen) atoms. The second kappa shape index (κ2) is 4.91. The summed E-state index contributed by atoms with van der Waals surface area (Å²) < 4.78 is 0. The van der Waals surface area contributed by atoms with Crippen LogP contribution in [0.3, 0.4) is 0 Å². The van der Waals surface area contributed by atoms with Crippen molar-refractivity contribution in [2.24, 2.45) is 5.92 Å². The van der Waals surface area contributed by atoms with Crippen LogP contribution < -0.4 is 0 Å². The molecule has 1 aliphatic heterocycles. The highest BCUT2D eigenvalue weighted by molar-refractivity contribution is 5.99. The molecule has 1 N–H and O–H groups in total. The number of nitrogens with zero attached hydrogens (tertiary/aromatic N) is 2. The minimum absolute atomic E-state index is 0.0416. The lowest BCUT2D eigenvalue weighted by Crippen LogP contribution is -2.42. The van der Waals surface area contributed by atoms with E-state index >= 15 is 0 Å². The Morgan fingerprint density at radius 1 is 1.43 bits per heavy atom. The van der Waals surface area contributed by atoms with E-state index < -0.39 is 6.10 Å². The first-order valence-electron chi connectivity index (χ1n) is 7.38. The Bertz CT molecular complexity index is 612.